The van der Waals surface area contributed by atoms with E-state index >= 15 is 0 Å². The van der Waals surface area contributed by atoms with Crippen molar-refractivity contribution in [1.29, 1.82) is 0 Å². The summed E-state index contributed by atoms with van der Waals surface area (Å²) in [5.74, 6) is -0.404. The second-order valence-electron chi connectivity index (χ2n) is 7.75. The van der Waals surface area contributed by atoms with Crippen molar-refractivity contribution in [2.24, 2.45) is 5.92 Å². The zero-order chi connectivity index (χ0) is 19.2. The first-order valence-corrected chi connectivity index (χ1v) is 11.3. The van der Waals surface area contributed by atoms with Crippen LogP contribution in [0.4, 0.5) is 0 Å². The van der Waals surface area contributed by atoms with Gasteiger partial charge in [-0.15, -0.1) is 0 Å². The molecule has 5 nitrogen and oxygen atoms in total. The number of likely N-dealkylation sites (tertiary alicyclic amines) is 1. The fourth-order valence-corrected chi connectivity index (χ4v) is 4.37. The lowest BCUT2D eigenvalue weighted by atomic mass is 9.96. The van der Waals surface area contributed by atoms with Crippen LogP contribution in [0.5, 0.6) is 0 Å². The van der Waals surface area contributed by atoms with Crippen molar-refractivity contribution in [3.63, 3.8) is 0 Å². The Balaban J connectivity index is 1.88. The van der Waals surface area contributed by atoms with Gasteiger partial charge in [0.2, 0.25) is 15.9 Å². The number of carbonyl (C=O) groups is 1. The second kappa shape index (κ2) is 9.51. The van der Waals surface area contributed by atoms with Crippen LogP contribution >= 0.6 is 0 Å². The molecule has 6 heteroatoms. The van der Waals surface area contributed by atoms with Crippen LogP contribution in [-0.2, 0) is 21.2 Å². The average Bonchev–Trinajstić information content (AvgIpc) is 2.60. The summed E-state index contributed by atoms with van der Waals surface area (Å²) < 4.78 is 26.7. The molecule has 0 saturated carbocycles. The van der Waals surface area contributed by atoms with Crippen LogP contribution < -0.4 is 4.72 Å². The van der Waals surface area contributed by atoms with E-state index in [2.05, 4.69) is 23.5 Å². The molecule has 0 unspecified atom stereocenters. The smallest absolute Gasteiger partial charge is 0.240 e. The largest absolute Gasteiger partial charge is 0.302 e. The van der Waals surface area contributed by atoms with Gasteiger partial charge >= 0.3 is 0 Å². The van der Waals surface area contributed by atoms with E-state index in [1.54, 1.807) is 6.92 Å². The van der Waals surface area contributed by atoms with E-state index < -0.39 is 21.8 Å². The number of carbonyl (C=O) groups excluding carboxylic acids is 1. The molecular weight excluding hydrogens is 348 g/mol. The van der Waals surface area contributed by atoms with Crippen LogP contribution in [0.2, 0.25) is 0 Å². The molecule has 0 radical (unpaired) electrons. The zero-order valence-corrected chi connectivity index (χ0v) is 17.0. The monoisotopic (exact) mass is 380 g/mol. The first-order chi connectivity index (χ1) is 12.3. The molecule has 26 heavy (non-hydrogen) atoms. The Bertz CT molecular complexity index is 678. The first kappa shape index (κ1) is 20.9. The van der Waals surface area contributed by atoms with Crippen LogP contribution in [-0.4, -0.2) is 44.6 Å². The molecule has 146 valence electrons. The fraction of sp³-hybridized carbons (Fsp3) is 0.650. The molecule has 1 amide bonds. The van der Waals surface area contributed by atoms with Gasteiger partial charge in [-0.3, -0.25) is 9.52 Å². The summed E-state index contributed by atoms with van der Waals surface area (Å²) in [5, 5.41) is 0. The van der Waals surface area contributed by atoms with Crippen molar-refractivity contribution in [3.8, 4) is 0 Å². The van der Waals surface area contributed by atoms with Gasteiger partial charge in [0.05, 0.1) is 11.7 Å². The maximum absolute atomic E-state index is 12.4. The number of sulfonamides is 1. The molecule has 2 rings (SSSR count). The molecular formula is C20H32N2O3S. The summed E-state index contributed by atoms with van der Waals surface area (Å²) in [4.78, 5) is 14.5. The summed E-state index contributed by atoms with van der Waals surface area (Å²) in [6.45, 7) is 8.45. The predicted octanol–water partition coefficient (Wildman–Crippen LogP) is 2.92. The van der Waals surface area contributed by atoms with Crippen molar-refractivity contribution >= 4 is 15.9 Å². The van der Waals surface area contributed by atoms with Crippen LogP contribution in [0.3, 0.4) is 0 Å². The number of amides is 1. The Kier molecular flexibility index (Phi) is 7.65. The lowest BCUT2D eigenvalue weighted by Crippen LogP contribution is -2.40. The highest BCUT2D eigenvalue weighted by atomic mass is 32.2. The number of benzene rings is 1. The van der Waals surface area contributed by atoms with Crippen molar-refractivity contribution < 1.29 is 13.2 Å². The van der Waals surface area contributed by atoms with Crippen LogP contribution in [0, 0.1) is 5.92 Å². The van der Waals surface area contributed by atoms with Crippen LogP contribution in [0.1, 0.15) is 57.1 Å². The lowest BCUT2D eigenvalue weighted by molar-refractivity contribution is -0.120. The van der Waals surface area contributed by atoms with Crippen molar-refractivity contribution in [1.82, 2.24) is 9.62 Å². The van der Waals surface area contributed by atoms with E-state index in [0.29, 0.717) is 12.5 Å². The summed E-state index contributed by atoms with van der Waals surface area (Å²) in [7, 11) is -3.60. The van der Waals surface area contributed by atoms with Gasteiger partial charge in [0, 0.05) is 6.54 Å². The fourth-order valence-electron chi connectivity index (χ4n) is 3.29. The number of nitrogens with zero attached hydrogens (tertiary/aromatic N) is 1. The topological polar surface area (TPSA) is 66.5 Å². The van der Waals surface area contributed by atoms with Gasteiger partial charge in [0.25, 0.3) is 0 Å². The number of hydrogen-bond acceptors (Lipinski definition) is 4. The van der Waals surface area contributed by atoms with E-state index in [9.17, 15) is 13.2 Å². The highest BCUT2D eigenvalue weighted by Gasteiger charge is 2.22. The van der Waals surface area contributed by atoms with Gasteiger partial charge in [-0.25, -0.2) is 8.42 Å². The average molecular weight is 381 g/mol. The Labute approximate surface area is 158 Å². The minimum absolute atomic E-state index is 0.0290. The third-order valence-corrected chi connectivity index (χ3v) is 6.13. The molecule has 1 N–H and O–H groups in total. The highest BCUT2D eigenvalue weighted by molar-refractivity contribution is 7.90. The Morgan fingerprint density at radius 2 is 1.69 bits per heavy atom. The normalized spacial score (nSPS) is 17.2. The van der Waals surface area contributed by atoms with Gasteiger partial charge in [0.1, 0.15) is 0 Å². The van der Waals surface area contributed by atoms with Gasteiger partial charge in [-0.2, -0.15) is 0 Å². The molecule has 0 aromatic heterocycles. The lowest BCUT2D eigenvalue weighted by Gasteiger charge is -2.26. The molecule has 1 heterocycles. The van der Waals surface area contributed by atoms with Crippen molar-refractivity contribution in [2.75, 3.05) is 25.4 Å². The van der Waals surface area contributed by atoms with Crippen molar-refractivity contribution in [3.05, 3.63) is 35.4 Å². The van der Waals surface area contributed by atoms with Crippen LogP contribution in [0.25, 0.3) is 0 Å². The summed E-state index contributed by atoms with van der Waals surface area (Å²) in [5.41, 5.74) is 2.06. The molecule has 0 bridgehead atoms. The molecule has 1 aromatic rings. The standard InChI is InChI=1S/C20H32N2O3S/c1-16(2)15-18-7-9-19(10-8-18)17(3)20(23)21-26(24,25)14-13-22-11-5-4-6-12-22/h7-10,16-17H,4-6,11-15H2,1-3H3,(H,21,23)/t17-/m1/s1. The highest BCUT2D eigenvalue weighted by Crippen LogP contribution is 2.18. The molecule has 1 aliphatic rings. The minimum atomic E-state index is -3.60. The first-order valence-electron chi connectivity index (χ1n) is 9.62. The SMILES string of the molecule is CC(C)Cc1ccc([C@@H](C)C(=O)NS(=O)(=O)CCN2CCCCC2)cc1. The van der Waals surface area contributed by atoms with Crippen LogP contribution in [0.15, 0.2) is 24.3 Å². The maximum Gasteiger partial charge on any atom is 0.240 e. The minimum Gasteiger partial charge on any atom is -0.302 e. The molecule has 1 atom stereocenters. The van der Waals surface area contributed by atoms with E-state index in [0.717, 1.165) is 37.9 Å². The number of hydrogen-bond donors (Lipinski definition) is 1. The third-order valence-electron chi connectivity index (χ3n) is 4.90. The molecule has 1 fully saturated rings. The van der Waals surface area contributed by atoms with E-state index in [1.165, 1.54) is 12.0 Å². The summed E-state index contributed by atoms with van der Waals surface area (Å²) in [6.07, 6.45) is 4.45. The van der Waals surface area contributed by atoms with Gasteiger partial charge in [-0.1, -0.05) is 44.5 Å². The van der Waals surface area contributed by atoms with E-state index in [4.69, 9.17) is 0 Å². The third kappa shape index (κ3) is 6.72. The molecule has 0 spiro atoms. The Morgan fingerprint density at radius 1 is 1.08 bits per heavy atom. The quantitative estimate of drug-likeness (QED) is 0.753. The second-order valence-corrected chi connectivity index (χ2v) is 9.59. The van der Waals surface area contributed by atoms with Gasteiger partial charge < -0.3 is 4.90 Å². The molecule has 1 aromatic carbocycles. The van der Waals surface area contributed by atoms with E-state index in [1.807, 2.05) is 24.3 Å². The van der Waals surface area contributed by atoms with Gasteiger partial charge in [-0.05, 0) is 56.3 Å². The zero-order valence-electron chi connectivity index (χ0n) is 16.2. The maximum atomic E-state index is 12.4. The molecule has 1 aliphatic heterocycles. The van der Waals surface area contributed by atoms with E-state index in [-0.39, 0.29) is 5.75 Å². The number of rotatable bonds is 8. The molecule has 0 aliphatic carbocycles. The Hall–Kier alpha value is -1.40. The molecule has 1 saturated heterocycles. The summed E-state index contributed by atoms with van der Waals surface area (Å²) in [6, 6.07) is 7.87. The predicted molar refractivity (Wildman–Crippen MR) is 106 cm³/mol. The summed E-state index contributed by atoms with van der Waals surface area (Å²) >= 11 is 0. The number of nitrogens with one attached hydrogen (secondary N) is 1. The van der Waals surface area contributed by atoms with Crippen molar-refractivity contribution in [2.45, 2.75) is 52.4 Å². The number of piperidine rings is 1. The Morgan fingerprint density at radius 3 is 2.27 bits per heavy atom. The van der Waals surface area contributed by atoms with Gasteiger partial charge in [0.15, 0.2) is 0 Å².